The van der Waals surface area contributed by atoms with Gasteiger partial charge in [-0.1, -0.05) is 20.8 Å². The molecule has 0 radical (unpaired) electrons. The maximum absolute atomic E-state index is 12.7. The predicted molar refractivity (Wildman–Crippen MR) is 131 cm³/mol. The number of ether oxygens (including phenoxy) is 2. The summed E-state index contributed by atoms with van der Waals surface area (Å²) in [5, 5.41) is 13.6. The summed E-state index contributed by atoms with van der Waals surface area (Å²) in [5.74, 6) is -0.388. The quantitative estimate of drug-likeness (QED) is 0.464. The van der Waals surface area contributed by atoms with E-state index < -0.39 is 11.4 Å². The zero-order valence-electron chi connectivity index (χ0n) is 19.4. The summed E-state index contributed by atoms with van der Waals surface area (Å²) in [6.45, 7) is 7.57. The summed E-state index contributed by atoms with van der Waals surface area (Å²) < 4.78 is 13.3. The van der Waals surface area contributed by atoms with Crippen LogP contribution in [0.4, 0.5) is 0 Å². The lowest BCUT2D eigenvalue weighted by molar-refractivity contribution is 0.0693. The summed E-state index contributed by atoms with van der Waals surface area (Å²) in [7, 11) is 1.68. The van der Waals surface area contributed by atoms with Gasteiger partial charge in [-0.05, 0) is 51.9 Å². The Morgan fingerprint density at radius 3 is 2.64 bits per heavy atom. The lowest BCUT2D eigenvalue weighted by Crippen LogP contribution is -2.32. The molecule has 0 spiro atoms. The molecule has 1 N–H and O–H groups in total. The minimum Gasteiger partial charge on any atom is -0.493 e. The van der Waals surface area contributed by atoms with E-state index in [-0.39, 0.29) is 17.0 Å². The third-order valence-electron chi connectivity index (χ3n) is 6.12. The van der Waals surface area contributed by atoms with Crippen molar-refractivity contribution in [1.82, 2.24) is 4.57 Å². The van der Waals surface area contributed by atoms with Crippen LogP contribution in [-0.2, 0) is 11.2 Å². The topological polar surface area (TPSA) is 77.8 Å². The predicted octanol–water partition coefficient (Wildman–Crippen LogP) is 5.50. The van der Waals surface area contributed by atoms with Crippen molar-refractivity contribution in [3.8, 4) is 28.1 Å². The highest BCUT2D eigenvalue weighted by atomic mass is 32.1. The van der Waals surface area contributed by atoms with Crippen LogP contribution in [0.25, 0.3) is 22.4 Å². The monoisotopic (exact) mass is 467 g/mol. The average Bonchev–Trinajstić information content (AvgIpc) is 3.29. The number of thiophene rings is 1. The number of carboxylic acid groups (broad SMARTS) is 1. The van der Waals surface area contributed by atoms with Gasteiger partial charge in [0.1, 0.15) is 11.3 Å². The van der Waals surface area contributed by atoms with Gasteiger partial charge in [-0.15, -0.1) is 0 Å². The van der Waals surface area contributed by atoms with Gasteiger partial charge in [0.25, 0.3) is 0 Å². The summed E-state index contributed by atoms with van der Waals surface area (Å²) in [5.41, 5.74) is 3.96. The smallest absolute Gasteiger partial charge is 0.341 e. The fourth-order valence-corrected chi connectivity index (χ4v) is 5.05. The Balaban J connectivity index is 1.90. The van der Waals surface area contributed by atoms with Crippen molar-refractivity contribution in [2.75, 3.05) is 20.3 Å². The van der Waals surface area contributed by atoms with Crippen molar-refractivity contribution in [3.05, 3.63) is 62.6 Å². The number of hydrogen-bond donors (Lipinski definition) is 1. The Bertz CT molecular complexity index is 1220. The molecule has 1 aliphatic heterocycles. The zero-order chi connectivity index (χ0) is 23.8. The van der Waals surface area contributed by atoms with Gasteiger partial charge in [0.05, 0.1) is 12.3 Å². The SMILES string of the molecule is COCCCOc1cc2c(cc1-c1ccsc1)-c1cc(=O)c(C(=O)O)cn1[C@H](C(C)(C)C)C2. The highest BCUT2D eigenvalue weighted by Gasteiger charge is 2.34. The number of aromatic carboxylic acids is 1. The van der Waals surface area contributed by atoms with E-state index in [4.69, 9.17) is 9.47 Å². The standard InChI is InChI=1S/C26H29NO5S/c1-26(2,3)24-11-17-10-23(32-8-5-7-31-4)19(16-6-9-33-15-16)12-18(17)21-13-22(28)20(25(29)30)14-27(21)24/h6,9-10,12-15,24H,5,7-8,11H2,1-4H3,(H,29,30)/t24-/m0/s1. The number of hydrogen-bond acceptors (Lipinski definition) is 5. The molecular formula is C26H29NO5S. The fourth-order valence-electron chi connectivity index (χ4n) is 4.39. The Morgan fingerprint density at radius 2 is 2.00 bits per heavy atom. The lowest BCUT2D eigenvalue weighted by atomic mass is 9.78. The molecule has 6 nitrogen and oxygen atoms in total. The van der Waals surface area contributed by atoms with E-state index in [2.05, 4.69) is 44.4 Å². The van der Waals surface area contributed by atoms with Crippen molar-refractivity contribution in [2.45, 2.75) is 39.7 Å². The number of fused-ring (bicyclic) bond motifs is 3. The van der Waals surface area contributed by atoms with E-state index in [0.717, 1.165) is 40.1 Å². The van der Waals surface area contributed by atoms with E-state index in [1.165, 1.54) is 12.3 Å². The van der Waals surface area contributed by atoms with Gasteiger partial charge in [-0.2, -0.15) is 11.3 Å². The molecule has 0 saturated carbocycles. The normalized spacial score (nSPS) is 15.1. The molecular weight excluding hydrogens is 438 g/mol. The first kappa shape index (κ1) is 23.3. The third kappa shape index (κ3) is 4.61. The summed E-state index contributed by atoms with van der Waals surface area (Å²) in [4.78, 5) is 24.3. The molecule has 0 aliphatic carbocycles. The molecule has 7 heteroatoms. The molecule has 0 fully saturated rings. The summed E-state index contributed by atoms with van der Waals surface area (Å²) in [6.07, 6.45) is 3.02. The Labute approximate surface area is 197 Å². The minimum absolute atomic E-state index is 0.00737. The first-order valence-electron chi connectivity index (χ1n) is 11.0. The van der Waals surface area contributed by atoms with Crippen LogP contribution in [0.3, 0.4) is 0 Å². The molecule has 3 heterocycles. The second-order valence-electron chi connectivity index (χ2n) is 9.45. The number of rotatable bonds is 7. The van der Waals surface area contributed by atoms with Crippen LogP contribution in [0.15, 0.2) is 46.0 Å². The van der Waals surface area contributed by atoms with Gasteiger partial charge in [-0.3, -0.25) is 4.79 Å². The molecule has 3 aromatic rings. The van der Waals surface area contributed by atoms with Gasteiger partial charge in [0.15, 0.2) is 5.43 Å². The van der Waals surface area contributed by atoms with Crippen LogP contribution in [-0.4, -0.2) is 36.0 Å². The van der Waals surface area contributed by atoms with Crippen molar-refractivity contribution < 1.29 is 19.4 Å². The maximum Gasteiger partial charge on any atom is 0.341 e. The Kier molecular flexibility index (Phi) is 6.45. The molecule has 0 saturated heterocycles. The van der Waals surface area contributed by atoms with Crippen LogP contribution in [0, 0.1) is 5.41 Å². The molecule has 33 heavy (non-hydrogen) atoms. The first-order chi connectivity index (χ1) is 15.7. The van der Waals surface area contributed by atoms with Gasteiger partial charge < -0.3 is 19.1 Å². The lowest BCUT2D eigenvalue weighted by Gasteiger charge is -2.39. The second kappa shape index (κ2) is 9.15. The number of nitrogens with zero attached hydrogens (tertiary/aromatic N) is 1. The molecule has 2 aromatic heterocycles. The first-order valence-corrected chi connectivity index (χ1v) is 12.0. The number of benzene rings is 1. The second-order valence-corrected chi connectivity index (χ2v) is 10.2. The van der Waals surface area contributed by atoms with Crippen molar-refractivity contribution in [3.63, 3.8) is 0 Å². The van der Waals surface area contributed by atoms with E-state index in [0.29, 0.717) is 19.6 Å². The highest BCUT2D eigenvalue weighted by Crippen LogP contribution is 2.46. The number of aromatic nitrogens is 1. The van der Waals surface area contributed by atoms with Crippen LogP contribution < -0.4 is 10.2 Å². The number of methoxy groups -OCH3 is 1. The van der Waals surface area contributed by atoms with Crippen LogP contribution >= 0.6 is 11.3 Å². The average molecular weight is 468 g/mol. The van der Waals surface area contributed by atoms with Crippen LogP contribution in [0.1, 0.15) is 49.2 Å². The minimum atomic E-state index is -1.20. The number of carbonyl (C=O) groups is 1. The van der Waals surface area contributed by atoms with E-state index in [1.807, 2.05) is 9.95 Å². The summed E-state index contributed by atoms with van der Waals surface area (Å²) in [6, 6.07) is 7.68. The Morgan fingerprint density at radius 1 is 1.21 bits per heavy atom. The van der Waals surface area contributed by atoms with E-state index in [9.17, 15) is 14.7 Å². The van der Waals surface area contributed by atoms with Crippen molar-refractivity contribution >= 4 is 17.3 Å². The van der Waals surface area contributed by atoms with Gasteiger partial charge >= 0.3 is 5.97 Å². The van der Waals surface area contributed by atoms with Crippen LogP contribution in [0.5, 0.6) is 5.75 Å². The van der Waals surface area contributed by atoms with Crippen LogP contribution in [0.2, 0.25) is 0 Å². The molecule has 0 amide bonds. The van der Waals surface area contributed by atoms with Gasteiger partial charge in [-0.25, -0.2) is 4.79 Å². The number of carboxylic acids is 1. The third-order valence-corrected chi connectivity index (χ3v) is 6.81. The fraction of sp³-hybridized carbons (Fsp3) is 0.385. The Hall–Kier alpha value is -2.90. The molecule has 0 bridgehead atoms. The molecule has 0 unspecified atom stereocenters. The molecule has 174 valence electrons. The van der Waals surface area contributed by atoms with E-state index in [1.54, 1.807) is 18.4 Å². The maximum atomic E-state index is 12.7. The van der Waals surface area contributed by atoms with E-state index >= 15 is 0 Å². The molecule has 1 aromatic carbocycles. The van der Waals surface area contributed by atoms with Crippen molar-refractivity contribution in [1.29, 1.82) is 0 Å². The molecule has 1 atom stereocenters. The van der Waals surface area contributed by atoms with Gasteiger partial charge in [0.2, 0.25) is 0 Å². The summed E-state index contributed by atoms with van der Waals surface area (Å²) >= 11 is 1.61. The van der Waals surface area contributed by atoms with Gasteiger partial charge in [0, 0.05) is 49.6 Å². The number of pyridine rings is 1. The van der Waals surface area contributed by atoms with Crippen molar-refractivity contribution in [2.24, 2.45) is 5.41 Å². The molecule has 1 aliphatic rings. The zero-order valence-corrected chi connectivity index (χ0v) is 20.2. The molecule has 4 rings (SSSR count). The largest absolute Gasteiger partial charge is 0.493 e. The highest BCUT2D eigenvalue weighted by molar-refractivity contribution is 7.08.